The van der Waals surface area contributed by atoms with Crippen molar-refractivity contribution in [1.29, 1.82) is 0 Å². The minimum Gasteiger partial charge on any atom is -0.496 e. The zero-order valence-electron chi connectivity index (χ0n) is 20.3. The SMILES string of the molecule is COc1ccccc1-c1nnc(SCC(=O)Nc2ccccc2C(C)C)n1CCc1ccccc1. The Hall–Kier alpha value is -3.58. The maximum absolute atomic E-state index is 12.8. The highest BCUT2D eigenvalue weighted by molar-refractivity contribution is 7.99. The van der Waals surface area contributed by atoms with Gasteiger partial charge < -0.3 is 14.6 Å². The Labute approximate surface area is 210 Å². The van der Waals surface area contributed by atoms with Crippen molar-refractivity contribution in [2.45, 2.75) is 37.9 Å². The van der Waals surface area contributed by atoms with Gasteiger partial charge >= 0.3 is 0 Å². The zero-order valence-corrected chi connectivity index (χ0v) is 21.1. The molecule has 0 fully saturated rings. The average molecular weight is 487 g/mol. The number of aryl methyl sites for hydroxylation is 1. The largest absolute Gasteiger partial charge is 0.496 e. The van der Waals surface area contributed by atoms with Crippen LogP contribution in [0, 0.1) is 0 Å². The molecule has 0 radical (unpaired) electrons. The maximum atomic E-state index is 12.8. The van der Waals surface area contributed by atoms with E-state index in [-0.39, 0.29) is 11.7 Å². The molecule has 0 spiro atoms. The molecule has 0 aliphatic heterocycles. The third-order valence-electron chi connectivity index (χ3n) is 5.72. The first-order valence-corrected chi connectivity index (χ1v) is 12.7. The van der Waals surface area contributed by atoms with E-state index in [1.807, 2.05) is 66.7 Å². The average Bonchev–Trinajstić information content (AvgIpc) is 3.29. The van der Waals surface area contributed by atoms with Gasteiger partial charge in [0, 0.05) is 12.2 Å². The van der Waals surface area contributed by atoms with Crippen LogP contribution < -0.4 is 10.1 Å². The number of anilines is 1. The molecule has 1 aromatic heterocycles. The van der Waals surface area contributed by atoms with Crippen molar-refractivity contribution in [3.63, 3.8) is 0 Å². The summed E-state index contributed by atoms with van der Waals surface area (Å²) in [4.78, 5) is 12.8. The summed E-state index contributed by atoms with van der Waals surface area (Å²) in [5.74, 6) is 1.96. The minimum absolute atomic E-state index is 0.0699. The number of thioether (sulfide) groups is 1. The van der Waals surface area contributed by atoms with Gasteiger partial charge in [-0.1, -0.05) is 86.3 Å². The van der Waals surface area contributed by atoms with Gasteiger partial charge in [0.1, 0.15) is 5.75 Å². The van der Waals surface area contributed by atoms with Crippen molar-refractivity contribution in [2.75, 3.05) is 18.2 Å². The second-order valence-electron chi connectivity index (χ2n) is 8.47. The number of benzene rings is 3. The lowest BCUT2D eigenvalue weighted by molar-refractivity contribution is -0.113. The Bertz CT molecular complexity index is 1270. The molecule has 0 unspecified atom stereocenters. The number of ether oxygens (including phenoxy) is 1. The van der Waals surface area contributed by atoms with Gasteiger partial charge in [0.25, 0.3) is 0 Å². The van der Waals surface area contributed by atoms with E-state index in [0.717, 1.165) is 34.8 Å². The molecule has 6 nitrogen and oxygen atoms in total. The van der Waals surface area contributed by atoms with Crippen molar-refractivity contribution in [3.8, 4) is 17.1 Å². The second kappa shape index (κ2) is 11.7. The monoisotopic (exact) mass is 486 g/mol. The van der Waals surface area contributed by atoms with Crippen LogP contribution in [0.1, 0.15) is 30.9 Å². The molecule has 1 amide bonds. The summed E-state index contributed by atoms with van der Waals surface area (Å²) >= 11 is 1.39. The van der Waals surface area contributed by atoms with Crippen LogP contribution in [0.15, 0.2) is 84.0 Å². The van der Waals surface area contributed by atoms with E-state index in [9.17, 15) is 4.79 Å². The topological polar surface area (TPSA) is 69.0 Å². The molecule has 0 aliphatic rings. The molecule has 0 atom stereocenters. The van der Waals surface area contributed by atoms with E-state index < -0.39 is 0 Å². The summed E-state index contributed by atoms with van der Waals surface area (Å²) in [6, 6.07) is 26.0. The lowest BCUT2D eigenvalue weighted by Crippen LogP contribution is -2.16. The number of nitrogens with one attached hydrogen (secondary N) is 1. The van der Waals surface area contributed by atoms with E-state index in [1.165, 1.54) is 17.3 Å². The van der Waals surface area contributed by atoms with Crippen molar-refractivity contribution < 1.29 is 9.53 Å². The van der Waals surface area contributed by atoms with Gasteiger partial charge in [0.2, 0.25) is 5.91 Å². The van der Waals surface area contributed by atoms with Crippen LogP contribution in [-0.4, -0.2) is 33.5 Å². The van der Waals surface area contributed by atoms with Crippen molar-refractivity contribution >= 4 is 23.4 Å². The van der Waals surface area contributed by atoms with Crippen molar-refractivity contribution in [3.05, 3.63) is 90.0 Å². The number of hydrogen-bond acceptors (Lipinski definition) is 5. The third kappa shape index (κ3) is 6.11. The van der Waals surface area contributed by atoms with E-state index in [4.69, 9.17) is 4.74 Å². The number of nitrogens with zero attached hydrogens (tertiary/aromatic N) is 3. The van der Waals surface area contributed by atoms with Crippen LogP contribution in [0.4, 0.5) is 5.69 Å². The fourth-order valence-electron chi connectivity index (χ4n) is 3.94. The van der Waals surface area contributed by atoms with Gasteiger partial charge in [0.15, 0.2) is 11.0 Å². The number of hydrogen-bond donors (Lipinski definition) is 1. The molecule has 4 aromatic rings. The highest BCUT2D eigenvalue weighted by atomic mass is 32.2. The van der Waals surface area contributed by atoms with E-state index in [1.54, 1.807) is 7.11 Å². The molecule has 0 bridgehead atoms. The fraction of sp³-hybridized carbons (Fsp3) is 0.250. The molecular formula is C28H30N4O2S. The second-order valence-corrected chi connectivity index (χ2v) is 9.42. The minimum atomic E-state index is -0.0699. The predicted octanol–water partition coefficient (Wildman–Crippen LogP) is 6.05. The van der Waals surface area contributed by atoms with Gasteiger partial charge in [-0.05, 0) is 41.7 Å². The Morgan fingerprint density at radius 3 is 2.46 bits per heavy atom. The van der Waals surface area contributed by atoms with E-state index in [2.05, 4.69) is 46.1 Å². The highest BCUT2D eigenvalue weighted by Gasteiger charge is 2.19. The molecule has 0 saturated heterocycles. The number of aromatic nitrogens is 3. The summed E-state index contributed by atoms with van der Waals surface area (Å²) in [5, 5.41) is 12.7. The number of para-hydroxylation sites is 2. The molecular weight excluding hydrogens is 456 g/mol. The molecule has 4 rings (SSSR count). The summed E-state index contributed by atoms with van der Waals surface area (Å²) in [5.41, 5.74) is 4.08. The Kier molecular flexibility index (Phi) is 8.21. The molecule has 0 saturated carbocycles. The molecule has 1 heterocycles. The number of amides is 1. The third-order valence-corrected chi connectivity index (χ3v) is 6.69. The van der Waals surface area contributed by atoms with Crippen LogP contribution in [0.25, 0.3) is 11.4 Å². The molecule has 7 heteroatoms. The summed E-state index contributed by atoms with van der Waals surface area (Å²) < 4.78 is 7.64. The standard InChI is InChI=1S/C28H30N4O2S/c1-20(2)22-13-7-9-15-24(22)29-26(33)19-35-28-31-30-27(23-14-8-10-16-25(23)34-3)32(28)18-17-21-11-5-4-6-12-21/h4-16,20H,17-19H2,1-3H3,(H,29,33). The Balaban J connectivity index is 1.55. The maximum Gasteiger partial charge on any atom is 0.234 e. The van der Waals surface area contributed by atoms with Crippen LogP contribution in [0.5, 0.6) is 5.75 Å². The summed E-state index contributed by atoms with van der Waals surface area (Å²) in [7, 11) is 1.65. The molecule has 35 heavy (non-hydrogen) atoms. The van der Waals surface area contributed by atoms with Crippen LogP contribution in [0.3, 0.4) is 0 Å². The summed E-state index contributed by atoms with van der Waals surface area (Å²) in [6.45, 7) is 4.92. The van der Waals surface area contributed by atoms with Crippen LogP contribution >= 0.6 is 11.8 Å². The lowest BCUT2D eigenvalue weighted by Gasteiger charge is -2.14. The number of methoxy groups -OCH3 is 1. The number of carbonyl (C=O) groups excluding carboxylic acids is 1. The number of rotatable bonds is 10. The lowest BCUT2D eigenvalue weighted by atomic mass is 10.0. The molecule has 3 aromatic carbocycles. The zero-order chi connectivity index (χ0) is 24.6. The Morgan fingerprint density at radius 2 is 1.69 bits per heavy atom. The normalized spacial score (nSPS) is 11.0. The van der Waals surface area contributed by atoms with Gasteiger partial charge in [-0.3, -0.25) is 4.79 Å². The Morgan fingerprint density at radius 1 is 0.971 bits per heavy atom. The molecule has 0 aliphatic carbocycles. The first kappa shape index (κ1) is 24.5. The van der Waals surface area contributed by atoms with Crippen molar-refractivity contribution in [1.82, 2.24) is 14.8 Å². The van der Waals surface area contributed by atoms with Gasteiger partial charge in [-0.25, -0.2) is 0 Å². The fourth-order valence-corrected chi connectivity index (χ4v) is 4.71. The first-order chi connectivity index (χ1) is 17.1. The van der Waals surface area contributed by atoms with Crippen molar-refractivity contribution in [2.24, 2.45) is 0 Å². The number of carbonyl (C=O) groups is 1. The highest BCUT2D eigenvalue weighted by Crippen LogP contribution is 2.31. The van der Waals surface area contributed by atoms with Crippen LogP contribution in [0.2, 0.25) is 0 Å². The van der Waals surface area contributed by atoms with Gasteiger partial charge in [0.05, 0.1) is 18.4 Å². The summed E-state index contributed by atoms with van der Waals surface area (Å²) in [6.07, 6.45) is 0.822. The van der Waals surface area contributed by atoms with E-state index in [0.29, 0.717) is 17.6 Å². The van der Waals surface area contributed by atoms with E-state index >= 15 is 0 Å². The first-order valence-electron chi connectivity index (χ1n) is 11.7. The van der Waals surface area contributed by atoms with Gasteiger partial charge in [-0.15, -0.1) is 10.2 Å². The van der Waals surface area contributed by atoms with Gasteiger partial charge in [-0.2, -0.15) is 0 Å². The smallest absolute Gasteiger partial charge is 0.234 e. The quantitative estimate of drug-likeness (QED) is 0.276. The molecule has 1 N–H and O–H groups in total. The molecule has 180 valence electrons. The van der Waals surface area contributed by atoms with Crippen LogP contribution in [-0.2, 0) is 17.8 Å². The predicted molar refractivity (Wildman–Crippen MR) is 142 cm³/mol.